The van der Waals surface area contributed by atoms with Crippen molar-refractivity contribution < 1.29 is 9.18 Å². The molecule has 31 heavy (non-hydrogen) atoms. The zero-order valence-electron chi connectivity index (χ0n) is 17.6. The molecule has 0 spiro atoms. The normalized spacial score (nSPS) is 22.0. The number of rotatable bonds is 8. The monoisotopic (exact) mass is 442 g/mol. The number of hydrogen-bond acceptors (Lipinski definition) is 6. The standard InChI is InChI=1S/C22H27FN6OS/c1-14-17(21(27-25-14)15-6-8-16(23)9-7-15)13-20(30)24-18(10-12-31-2)22-28-26-19-5-3-4-11-29(19)22/h3-9,11,14,17-18,21,25,27H,10,12-13H2,1-2H3,(H,24,30). The first-order valence-electron chi connectivity index (χ1n) is 10.4. The summed E-state index contributed by atoms with van der Waals surface area (Å²) in [6, 6.07) is 12.0. The predicted octanol–water partition coefficient (Wildman–Crippen LogP) is 3.02. The third kappa shape index (κ3) is 4.89. The number of halogens is 1. The number of thioether (sulfide) groups is 1. The van der Waals surface area contributed by atoms with Crippen molar-refractivity contribution in [3.05, 3.63) is 65.9 Å². The maximum atomic E-state index is 13.3. The molecular formula is C22H27FN6OS. The minimum absolute atomic E-state index is 0.0294. The second-order valence-corrected chi connectivity index (χ2v) is 8.85. The molecule has 1 amide bonds. The summed E-state index contributed by atoms with van der Waals surface area (Å²) in [6.07, 6.45) is 5.07. The van der Waals surface area contributed by atoms with Crippen LogP contribution in [-0.2, 0) is 4.79 Å². The number of fused-ring (bicyclic) bond motifs is 1. The number of nitrogens with one attached hydrogen (secondary N) is 3. The van der Waals surface area contributed by atoms with Crippen LogP contribution in [0.3, 0.4) is 0 Å². The van der Waals surface area contributed by atoms with E-state index < -0.39 is 0 Å². The van der Waals surface area contributed by atoms with E-state index in [0.717, 1.165) is 29.2 Å². The fourth-order valence-electron chi connectivity index (χ4n) is 4.09. The zero-order chi connectivity index (χ0) is 21.8. The van der Waals surface area contributed by atoms with Gasteiger partial charge < -0.3 is 5.32 Å². The van der Waals surface area contributed by atoms with E-state index in [1.165, 1.54) is 12.1 Å². The highest BCUT2D eigenvalue weighted by atomic mass is 32.2. The minimum Gasteiger partial charge on any atom is -0.346 e. The van der Waals surface area contributed by atoms with Gasteiger partial charge in [0.25, 0.3) is 0 Å². The van der Waals surface area contributed by atoms with Crippen molar-refractivity contribution in [2.24, 2.45) is 5.92 Å². The molecule has 4 unspecified atom stereocenters. The van der Waals surface area contributed by atoms with Crippen LogP contribution in [0.1, 0.15) is 43.2 Å². The fourth-order valence-corrected chi connectivity index (χ4v) is 4.56. The number of aromatic nitrogens is 3. The molecule has 0 aliphatic carbocycles. The Bertz CT molecular complexity index is 1030. The molecule has 4 rings (SSSR count). The molecule has 4 atom stereocenters. The molecule has 0 saturated carbocycles. The third-order valence-corrected chi connectivity index (χ3v) is 6.43. The Hall–Kier alpha value is -2.49. The first kappa shape index (κ1) is 21.7. The number of amides is 1. The van der Waals surface area contributed by atoms with E-state index in [1.54, 1.807) is 23.9 Å². The molecule has 1 saturated heterocycles. The number of pyridine rings is 1. The molecular weight excluding hydrogens is 415 g/mol. The van der Waals surface area contributed by atoms with Crippen molar-refractivity contribution in [3.8, 4) is 0 Å². The van der Waals surface area contributed by atoms with Gasteiger partial charge in [-0.25, -0.2) is 9.82 Å². The van der Waals surface area contributed by atoms with Crippen LogP contribution in [0.2, 0.25) is 0 Å². The van der Waals surface area contributed by atoms with Gasteiger partial charge in [-0.2, -0.15) is 11.8 Å². The maximum Gasteiger partial charge on any atom is 0.220 e. The van der Waals surface area contributed by atoms with Crippen LogP contribution in [0, 0.1) is 11.7 Å². The topological polar surface area (TPSA) is 83.4 Å². The first-order chi connectivity index (χ1) is 15.1. The van der Waals surface area contributed by atoms with Crippen molar-refractivity contribution in [2.75, 3.05) is 12.0 Å². The number of benzene rings is 1. The summed E-state index contributed by atoms with van der Waals surface area (Å²) in [5.74, 6) is 1.36. The van der Waals surface area contributed by atoms with Gasteiger partial charge in [0, 0.05) is 24.6 Å². The minimum atomic E-state index is -0.269. The lowest BCUT2D eigenvalue weighted by Gasteiger charge is -2.23. The summed E-state index contributed by atoms with van der Waals surface area (Å²) in [5.41, 5.74) is 8.19. The molecule has 0 radical (unpaired) electrons. The Morgan fingerprint density at radius 3 is 2.81 bits per heavy atom. The van der Waals surface area contributed by atoms with Gasteiger partial charge in [0.05, 0.1) is 12.1 Å². The van der Waals surface area contributed by atoms with Gasteiger partial charge >= 0.3 is 0 Å². The second-order valence-electron chi connectivity index (χ2n) is 7.86. The summed E-state index contributed by atoms with van der Waals surface area (Å²) in [6.45, 7) is 2.05. The van der Waals surface area contributed by atoms with Crippen LogP contribution >= 0.6 is 11.8 Å². The van der Waals surface area contributed by atoms with Crippen molar-refractivity contribution in [1.29, 1.82) is 0 Å². The molecule has 1 aliphatic rings. The van der Waals surface area contributed by atoms with E-state index in [2.05, 4.69) is 26.4 Å². The Labute approximate surface area is 185 Å². The SMILES string of the molecule is CSCCC(NC(=O)CC1C(C)NNC1c1ccc(F)cc1)c1nnc2ccccn12. The van der Waals surface area contributed by atoms with Crippen molar-refractivity contribution >= 4 is 23.3 Å². The highest BCUT2D eigenvalue weighted by Crippen LogP contribution is 2.31. The average Bonchev–Trinajstić information content (AvgIpc) is 3.36. The summed E-state index contributed by atoms with van der Waals surface area (Å²) >= 11 is 1.73. The van der Waals surface area contributed by atoms with Crippen molar-refractivity contribution in [3.63, 3.8) is 0 Å². The Morgan fingerprint density at radius 2 is 2.03 bits per heavy atom. The van der Waals surface area contributed by atoms with Gasteiger partial charge in [0.2, 0.25) is 5.91 Å². The second kappa shape index (κ2) is 9.76. The van der Waals surface area contributed by atoms with E-state index in [-0.39, 0.29) is 35.8 Å². The fraction of sp³-hybridized carbons (Fsp3) is 0.409. The van der Waals surface area contributed by atoms with E-state index >= 15 is 0 Å². The van der Waals surface area contributed by atoms with Gasteiger partial charge in [-0.15, -0.1) is 10.2 Å². The summed E-state index contributed by atoms with van der Waals surface area (Å²) in [4.78, 5) is 13.1. The molecule has 3 N–H and O–H groups in total. The van der Waals surface area contributed by atoms with Crippen LogP contribution in [0.4, 0.5) is 4.39 Å². The van der Waals surface area contributed by atoms with Crippen molar-refractivity contribution in [1.82, 2.24) is 30.8 Å². The Kier molecular flexibility index (Phi) is 6.84. The van der Waals surface area contributed by atoms with E-state index in [1.807, 2.05) is 42.0 Å². The molecule has 164 valence electrons. The van der Waals surface area contributed by atoms with Gasteiger partial charge in [0.15, 0.2) is 11.5 Å². The Balaban J connectivity index is 1.49. The molecule has 1 aliphatic heterocycles. The van der Waals surface area contributed by atoms with Crippen LogP contribution < -0.4 is 16.2 Å². The molecule has 3 heterocycles. The lowest BCUT2D eigenvalue weighted by atomic mass is 9.87. The number of nitrogens with zero attached hydrogens (tertiary/aromatic N) is 3. The molecule has 2 aromatic heterocycles. The van der Waals surface area contributed by atoms with Crippen LogP contribution in [0.15, 0.2) is 48.7 Å². The number of hydrogen-bond donors (Lipinski definition) is 3. The average molecular weight is 443 g/mol. The van der Waals surface area contributed by atoms with Gasteiger partial charge in [-0.1, -0.05) is 18.2 Å². The van der Waals surface area contributed by atoms with E-state index in [9.17, 15) is 9.18 Å². The van der Waals surface area contributed by atoms with Crippen LogP contribution in [-0.4, -0.2) is 38.6 Å². The number of carbonyl (C=O) groups is 1. The van der Waals surface area contributed by atoms with Crippen LogP contribution in [0.25, 0.3) is 5.65 Å². The van der Waals surface area contributed by atoms with Gasteiger partial charge in [0.1, 0.15) is 5.82 Å². The van der Waals surface area contributed by atoms with Gasteiger partial charge in [-0.05, 0) is 55.2 Å². The highest BCUT2D eigenvalue weighted by Gasteiger charge is 2.36. The third-order valence-electron chi connectivity index (χ3n) is 5.78. The van der Waals surface area contributed by atoms with Gasteiger partial charge in [-0.3, -0.25) is 14.6 Å². The molecule has 3 aromatic rings. The summed E-state index contributed by atoms with van der Waals surface area (Å²) < 4.78 is 15.3. The molecule has 1 fully saturated rings. The van der Waals surface area contributed by atoms with E-state index in [4.69, 9.17) is 0 Å². The van der Waals surface area contributed by atoms with Crippen LogP contribution in [0.5, 0.6) is 0 Å². The zero-order valence-corrected chi connectivity index (χ0v) is 18.4. The molecule has 7 nitrogen and oxygen atoms in total. The number of hydrazine groups is 1. The predicted molar refractivity (Wildman–Crippen MR) is 120 cm³/mol. The largest absolute Gasteiger partial charge is 0.346 e. The Morgan fingerprint density at radius 1 is 1.23 bits per heavy atom. The van der Waals surface area contributed by atoms with E-state index in [0.29, 0.717) is 6.42 Å². The maximum absolute atomic E-state index is 13.3. The molecule has 9 heteroatoms. The summed E-state index contributed by atoms with van der Waals surface area (Å²) in [7, 11) is 0. The first-order valence-corrected chi connectivity index (χ1v) is 11.8. The number of carbonyl (C=O) groups excluding carboxylic acids is 1. The lowest BCUT2D eigenvalue weighted by Crippen LogP contribution is -2.34. The van der Waals surface area contributed by atoms with Crippen molar-refractivity contribution in [2.45, 2.75) is 37.9 Å². The highest BCUT2D eigenvalue weighted by molar-refractivity contribution is 7.98. The smallest absolute Gasteiger partial charge is 0.220 e. The quantitative estimate of drug-likeness (QED) is 0.497. The molecule has 0 bridgehead atoms. The summed E-state index contributed by atoms with van der Waals surface area (Å²) in [5, 5.41) is 11.8. The lowest BCUT2D eigenvalue weighted by molar-refractivity contribution is -0.123. The molecule has 1 aromatic carbocycles.